The number of nitrogens with zero attached hydrogens (tertiary/aromatic N) is 1. The van der Waals surface area contributed by atoms with Crippen molar-refractivity contribution in [2.24, 2.45) is 4.76 Å². The Morgan fingerprint density at radius 1 is 1.64 bits per heavy atom. The summed E-state index contributed by atoms with van der Waals surface area (Å²) in [5, 5.41) is 0. The lowest BCUT2D eigenvalue weighted by Gasteiger charge is -2.18. The van der Waals surface area contributed by atoms with Gasteiger partial charge in [0.1, 0.15) is 5.60 Å². The van der Waals surface area contributed by atoms with Crippen LogP contribution in [0.1, 0.15) is 33.6 Å². The maximum Gasteiger partial charge on any atom is 0.410 e. The van der Waals surface area contributed by atoms with Gasteiger partial charge in [0.15, 0.2) is 0 Å². The summed E-state index contributed by atoms with van der Waals surface area (Å²) < 4.78 is 25.5. The Morgan fingerprint density at radius 2 is 2.29 bits per heavy atom. The van der Waals surface area contributed by atoms with Gasteiger partial charge in [-0.1, -0.05) is 13.3 Å². The molecule has 0 spiro atoms. The molecule has 0 aromatic carbocycles. The summed E-state index contributed by atoms with van der Waals surface area (Å²) in [7, 11) is 0. The lowest BCUT2D eigenvalue weighted by molar-refractivity contribution is 0.158. The van der Waals surface area contributed by atoms with Gasteiger partial charge >= 0.3 is 6.87 Å². The molecule has 0 saturated heterocycles. The highest BCUT2D eigenvalue weighted by Gasteiger charge is 2.44. The molecule has 1 atom stereocenters. The Hall–Kier alpha value is -0.0500. The highest BCUT2D eigenvalue weighted by atomic mass is 35.7. The smallest absolute Gasteiger partial charge is 0.410 e. The summed E-state index contributed by atoms with van der Waals surface area (Å²) in [5.41, 5.74) is -0.773. The fraction of sp³-hybridized carbons (Fsp3) is 0.875. The van der Waals surface area contributed by atoms with Crippen LogP contribution in [0.4, 0.5) is 0 Å². The summed E-state index contributed by atoms with van der Waals surface area (Å²) in [4.78, 5) is 0. The first-order chi connectivity index (χ1) is 6.37. The molecule has 0 aromatic heterocycles. The Labute approximate surface area is 88.9 Å². The largest absolute Gasteiger partial charge is 0.479 e. The molecule has 0 aliphatic carbocycles. The number of unbranched alkanes of at least 4 members (excludes halogenated alkanes) is 1. The van der Waals surface area contributed by atoms with E-state index in [1.165, 1.54) is 0 Å². The van der Waals surface area contributed by atoms with Crippen LogP contribution >= 0.6 is 18.1 Å². The lowest BCUT2D eigenvalue weighted by atomic mass is 10.1. The molecule has 1 heterocycles. The van der Waals surface area contributed by atoms with Crippen molar-refractivity contribution >= 4 is 24.0 Å². The molecule has 0 aromatic rings. The van der Waals surface area contributed by atoms with Crippen molar-refractivity contribution in [2.75, 3.05) is 6.61 Å². The first-order valence-corrected chi connectivity index (χ1v) is 7.09. The van der Waals surface area contributed by atoms with E-state index in [0.29, 0.717) is 12.5 Å². The molecule has 0 amide bonds. The Morgan fingerprint density at radius 3 is 2.71 bits per heavy atom. The van der Waals surface area contributed by atoms with Crippen molar-refractivity contribution < 1.29 is 13.8 Å². The maximum absolute atomic E-state index is 11.3. The Balaban J connectivity index is 2.62. The number of hydrogen-bond acceptors (Lipinski definition) is 3. The van der Waals surface area contributed by atoms with Crippen LogP contribution in [0.5, 0.6) is 0 Å². The molecular formula is C8H15ClNO3P. The average molecular weight is 240 g/mol. The van der Waals surface area contributed by atoms with Crippen LogP contribution in [0.15, 0.2) is 4.76 Å². The maximum atomic E-state index is 11.3. The molecule has 1 rings (SSSR count). The van der Waals surface area contributed by atoms with Crippen LogP contribution in [0.25, 0.3) is 0 Å². The highest BCUT2D eigenvalue weighted by molar-refractivity contribution is 7.84. The minimum atomic E-state index is -3.33. The van der Waals surface area contributed by atoms with Crippen LogP contribution in [-0.4, -0.2) is 18.1 Å². The molecule has 1 aliphatic heterocycles. The van der Waals surface area contributed by atoms with Crippen LogP contribution in [0.2, 0.25) is 0 Å². The molecule has 0 fully saturated rings. The topological polar surface area (TPSA) is 47.9 Å². The third kappa shape index (κ3) is 2.97. The number of ether oxygens (including phenoxy) is 1. The van der Waals surface area contributed by atoms with E-state index in [1.807, 2.05) is 0 Å². The molecule has 1 aliphatic rings. The molecule has 0 radical (unpaired) electrons. The van der Waals surface area contributed by atoms with Gasteiger partial charge in [0.2, 0.25) is 5.90 Å². The predicted octanol–water partition coefficient (Wildman–Crippen LogP) is 3.36. The van der Waals surface area contributed by atoms with Gasteiger partial charge in [-0.05, 0) is 31.5 Å². The zero-order chi connectivity index (χ0) is 10.8. The molecule has 1 unspecified atom stereocenters. The van der Waals surface area contributed by atoms with E-state index in [1.54, 1.807) is 13.8 Å². The fourth-order valence-corrected chi connectivity index (χ4v) is 3.01. The van der Waals surface area contributed by atoms with Crippen molar-refractivity contribution in [3.05, 3.63) is 0 Å². The Kier molecular flexibility index (Phi) is 3.62. The molecule has 0 bridgehead atoms. The van der Waals surface area contributed by atoms with Crippen molar-refractivity contribution in [2.45, 2.75) is 39.2 Å². The second-order valence-corrected chi connectivity index (χ2v) is 6.23. The summed E-state index contributed by atoms with van der Waals surface area (Å²) >= 11 is 5.53. The highest BCUT2D eigenvalue weighted by Crippen LogP contribution is 2.61. The van der Waals surface area contributed by atoms with E-state index in [-0.39, 0.29) is 0 Å². The van der Waals surface area contributed by atoms with E-state index >= 15 is 0 Å². The molecule has 14 heavy (non-hydrogen) atoms. The summed E-state index contributed by atoms with van der Waals surface area (Å²) in [6, 6.07) is 0. The van der Waals surface area contributed by atoms with Crippen LogP contribution in [0.3, 0.4) is 0 Å². The number of hydrogen-bond donors (Lipinski definition) is 0. The van der Waals surface area contributed by atoms with Crippen molar-refractivity contribution in [3.63, 3.8) is 0 Å². The third-order valence-electron chi connectivity index (χ3n) is 1.80. The molecule has 4 nitrogen and oxygen atoms in total. The SMILES string of the molecule is CCCCOC1=NP(=O)(Cl)OC1(C)C. The fourth-order valence-electron chi connectivity index (χ4n) is 1.09. The normalized spacial score (nSPS) is 30.1. The van der Waals surface area contributed by atoms with Crippen LogP contribution in [-0.2, 0) is 13.8 Å². The van der Waals surface area contributed by atoms with Crippen molar-refractivity contribution in [3.8, 4) is 0 Å². The Bertz CT molecular complexity index is 290. The van der Waals surface area contributed by atoms with E-state index in [9.17, 15) is 4.57 Å². The first-order valence-electron chi connectivity index (χ1n) is 4.61. The molecule has 82 valence electrons. The van der Waals surface area contributed by atoms with Crippen molar-refractivity contribution in [1.29, 1.82) is 0 Å². The molecule has 0 N–H and O–H groups in total. The predicted molar refractivity (Wildman–Crippen MR) is 56.9 cm³/mol. The second kappa shape index (κ2) is 4.21. The van der Waals surface area contributed by atoms with Crippen LogP contribution in [0, 0.1) is 0 Å². The standard InChI is InChI=1S/C8H15ClNO3P/c1-4-5-6-12-7-8(2,3)13-14(9,11)10-7/h4-6H2,1-3H3. The summed E-state index contributed by atoms with van der Waals surface area (Å²) in [5.74, 6) is 0.337. The van der Waals surface area contributed by atoms with Gasteiger partial charge in [0.25, 0.3) is 0 Å². The summed E-state index contributed by atoms with van der Waals surface area (Å²) in [6.07, 6.45) is 1.97. The van der Waals surface area contributed by atoms with E-state index in [0.717, 1.165) is 12.8 Å². The minimum Gasteiger partial charge on any atom is -0.479 e. The quantitative estimate of drug-likeness (QED) is 0.560. The van der Waals surface area contributed by atoms with Gasteiger partial charge in [-0.15, -0.1) is 0 Å². The molecule has 0 saturated carbocycles. The lowest BCUT2D eigenvalue weighted by Crippen LogP contribution is -2.31. The molecular weight excluding hydrogens is 225 g/mol. The zero-order valence-corrected chi connectivity index (χ0v) is 10.3. The van der Waals surface area contributed by atoms with Crippen LogP contribution < -0.4 is 0 Å². The summed E-state index contributed by atoms with van der Waals surface area (Å²) in [6.45, 7) is 2.76. The third-order valence-corrected chi connectivity index (χ3v) is 3.34. The minimum absolute atomic E-state index is 0.337. The van der Waals surface area contributed by atoms with E-state index < -0.39 is 12.5 Å². The van der Waals surface area contributed by atoms with E-state index in [4.69, 9.17) is 20.5 Å². The van der Waals surface area contributed by atoms with Gasteiger partial charge in [0, 0.05) is 0 Å². The second-order valence-electron chi connectivity index (χ2n) is 3.66. The van der Waals surface area contributed by atoms with Crippen molar-refractivity contribution in [1.82, 2.24) is 0 Å². The number of rotatable bonds is 3. The molecule has 6 heteroatoms. The number of halogens is 1. The van der Waals surface area contributed by atoms with E-state index in [2.05, 4.69) is 11.7 Å². The van der Waals surface area contributed by atoms with Gasteiger partial charge in [-0.3, -0.25) is 4.52 Å². The van der Waals surface area contributed by atoms with Gasteiger partial charge in [-0.2, -0.15) is 4.76 Å². The van der Waals surface area contributed by atoms with Gasteiger partial charge in [-0.25, -0.2) is 4.57 Å². The zero-order valence-electron chi connectivity index (χ0n) is 8.62. The van der Waals surface area contributed by atoms with Gasteiger partial charge in [0.05, 0.1) is 6.61 Å². The first kappa shape index (κ1) is 12.0. The monoisotopic (exact) mass is 239 g/mol. The van der Waals surface area contributed by atoms with Gasteiger partial charge < -0.3 is 4.74 Å². The average Bonchev–Trinajstić information content (AvgIpc) is 2.20.